The molecule has 3 amide bonds. The highest BCUT2D eigenvalue weighted by atomic mass is 32.2. The van der Waals surface area contributed by atoms with E-state index in [0.29, 0.717) is 41.1 Å². The number of hydrogen-bond acceptors (Lipinski definition) is 10. The number of imide groups is 1. The Morgan fingerprint density at radius 1 is 1.11 bits per heavy atom. The quantitative estimate of drug-likeness (QED) is 0.203. The van der Waals surface area contributed by atoms with Gasteiger partial charge in [0.2, 0.25) is 5.91 Å². The largest absolute Gasteiger partial charge is 0.496 e. The van der Waals surface area contributed by atoms with Crippen LogP contribution in [0.25, 0.3) is 10.8 Å². The summed E-state index contributed by atoms with van der Waals surface area (Å²) < 4.78 is 11.1. The van der Waals surface area contributed by atoms with Gasteiger partial charge in [-0.15, -0.1) is 11.8 Å². The first-order chi connectivity index (χ1) is 17.8. The smallest absolute Gasteiger partial charge is 0.261 e. The molecular formula is C25H31N3O8S. The molecule has 4 rings (SSSR count). The van der Waals surface area contributed by atoms with Crippen LogP contribution in [0.3, 0.4) is 0 Å². The van der Waals surface area contributed by atoms with Crippen LogP contribution in [0.5, 0.6) is 5.75 Å². The van der Waals surface area contributed by atoms with Crippen LogP contribution >= 0.6 is 11.8 Å². The third-order valence-electron chi connectivity index (χ3n) is 6.50. The standard InChI is InChI=1S/C25H31N3O8S/c1-13(30)27-20-22(32)21(31)18(12-29)36-25(20)37-11-9-26-8-10-28-23(33)15-5-3-4-14-17(35-2)7-6-16(19(14)15)24(28)34/h3-7,18,20-22,25-26,29,31-32H,8-12H2,1-2H3,(H,27,30)/t18-,20-,21-,22-,25+/m1/s1. The molecule has 2 aliphatic rings. The van der Waals surface area contributed by atoms with Crippen LogP contribution in [0.2, 0.25) is 0 Å². The van der Waals surface area contributed by atoms with Crippen LogP contribution in [0, 0.1) is 0 Å². The zero-order chi connectivity index (χ0) is 26.7. The molecule has 2 aliphatic heterocycles. The fourth-order valence-corrected chi connectivity index (χ4v) is 5.83. The molecule has 0 aliphatic carbocycles. The molecule has 1 saturated heterocycles. The van der Waals surface area contributed by atoms with Crippen molar-refractivity contribution in [3.05, 3.63) is 41.5 Å². The van der Waals surface area contributed by atoms with E-state index in [0.717, 1.165) is 5.39 Å². The van der Waals surface area contributed by atoms with Crippen LogP contribution in [0.4, 0.5) is 0 Å². The molecule has 5 N–H and O–H groups in total. The highest BCUT2D eigenvalue weighted by molar-refractivity contribution is 7.99. The average molecular weight is 534 g/mol. The van der Waals surface area contributed by atoms with Gasteiger partial charge in [0.15, 0.2) is 0 Å². The van der Waals surface area contributed by atoms with E-state index in [4.69, 9.17) is 9.47 Å². The summed E-state index contributed by atoms with van der Waals surface area (Å²) in [4.78, 5) is 39.0. The second-order valence-electron chi connectivity index (χ2n) is 8.86. The Morgan fingerprint density at radius 3 is 2.51 bits per heavy atom. The maximum atomic E-state index is 13.1. The molecule has 0 bridgehead atoms. The number of aliphatic hydroxyl groups excluding tert-OH is 3. The Balaban J connectivity index is 1.32. The Labute approximate surface area is 218 Å². The molecule has 0 radical (unpaired) electrons. The number of rotatable bonds is 10. The highest BCUT2D eigenvalue weighted by Crippen LogP contribution is 2.35. The van der Waals surface area contributed by atoms with Crippen molar-refractivity contribution < 1.29 is 39.2 Å². The molecule has 2 heterocycles. The number of amides is 3. The summed E-state index contributed by atoms with van der Waals surface area (Å²) in [5, 5.41) is 37.0. The minimum atomic E-state index is -1.33. The molecule has 0 aromatic heterocycles. The van der Waals surface area contributed by atoms with E-state index in [9.17, 15) is 29.7 Å². The Morgan fingerprint density at radius 2 is 1.84 bits per heavy atom. The molecule has 5 atom stereocenters. The van der Waals surface area contributed by atoms with E-state index < -0.39 is 36.4 Å². The summed E-state index contributed by atoms with van der Waals surface area (Å²) in [7, 11) is 1.55. The van der Waals surface area contributed by atoms with Crippen molar-refractivity contribution in [3.8, 4) is 5.75 Å². The maximum absolute atomic E-state index is 13.1. The Bertz CT molecular complexity index is 1160. The molecule has 2 aromatic carbocycles. The van der Waals surface area contributed by atoms with Crippen molar-refractivity contribution in [1.29, 1.82) is 0 Å². The van der Waals surface area contributed by atoms with Crippen molar-refractivity contribution in [2.45, 2.75) is 36.7 Å². The van der Waals surface area contributed by atoms with Crippen molar-refractivity contribution in [3.63, 3.8) is 0 Å². The summed E-state index contributed by atoms with van der Waals surface area (Å²) in [5.74, 6) is 0.0140. The first-order valence-electron chi connectivity index (χ1n) is 12.0. The van der Waals surface area contributed by atoms with Gasteiger partial charge in [-0.25, -0.2) is 0 Å². The second-order valence-corrected chi connectivity index (χ2v) is 10.1. The number of hydrogen-bond donors (Lipinski definition) is 5. The van der Waals surface area contributed by atoms with E-state index in [1.54, 1.807) is 31.4 Å². The van der Waals surface area contributed by atoms with E-state index >= 15 is 0 Å². The molecule has 12 heteroatoms. The van der Waals surface area contributed by atoms with Gasteiger partial charge in [0.1, 0.15) is 29.5 Å². The van der Waals surface area contributed by atoms with Crippen molar-refractivity contribution in [1.82, 2.24) is 15.5 Å². The summed E-state index contributed by atoms with van der Waals surface area (Å²) in [6, 6.07) is 7.86. The number of aliphatic hydroxyl groups is 3. The predicted octanol–water partition coefficient (Wildman–Crippen LogP) is -0.289. The van der Waals surface area contributed by atoms with E-state index in [2.05, 4.69) is 10.6 Å². The number of ether oxygens (including phenoxy) is 2. The SMILES string of the molecule is COc1ccc2c3c(cccc13)C(=O)N(CCNCCS[C@@H]1O[C@H](CO)[C@@H](O)[C@H](O)[C@H]1NC(C)=O)C2=O. The molecule has 11 nitrogen and oxygen atoms in total. The van der Waals surface area contributed by atoms with E-state index in [1.807, 2.05) is 6.07 Å². The number of carbonyl (C=O) groups excluding carboxylic acids is 3. The third kappa shape index (κ3) is 5.44. The molecule has 37 heavy (non-hydrogen) atoms. The molecule has 1 fully saturated rings. The number of nitrogens with zero attached hydrogens (tertiary/aromatic N) is 1. The number of carbonyl (C=O) groups is 3. The van der Waals surface area contributed by atoms with E-state index in [-0.39, 0.29) is 24.3 Å². The van der Waals surface area contributed by atoms with Crippen LogP contribution in [0.15, 0.2) is 30.3 Å². The normalized spacial score (nSPS) is 25.4. The summed E-state index contributed by atoms with van der Waals surface area (Å²) in [5.41, 5.74) is 0.235. The Kier molecular flexibility index (Phi) is 8.67. The van der Waals surface area contributed by atoms with Crippen LogP contribution in [-0.4, -0.2) is 107 Å². The third-order valence-corrected chi connectivity index (χ3v) is 7.67. The molecular weight excluding hydrogens is 502 g/mol. The van der Waals surface area contributed by atoms with Gasteiger partial charge in [0, 0.05) is 54.2 Å². The van der Waals surface area contributed by atoms with Gasteiger partial charge in [-0.3, -0.25) is 19.3 Å². The fraction of sp³-hybridized carbons (Fsp3) is 0.480. The molecule has 2 aromatic rings. The van der Waals surface area contributed by atoms with Gasteiger partial charge >= 0.3 is 0 Å². The van der Waals surface area contributed by atoms with E-state index in [1.165, 1.54) is 23.6 Å². The van der Waals surface area contributed by atoms with Crippen molar-refractivity contribution >= 4 is 40.3 Å². The van der Waals surface area contributed by atoms with Crippen LogP contribution in [0.1, 0.15) is 27.6 Å². The lowest BCUT2D eigenvalue weighted by molar-refractivity contribution is -0.173. The van der Waals surface area contributed by atoms with Gasteiger partial charge in [0.25, 0.3) is 11.8 Å². The van der Waals surface area contributed by atoms with Crippen LogP contribution in [-0.2, 0) is 9.53 Å². The van der Waals surface area contributed by atoms with Crippen molar-refractivity contribution in [2.75, 3.05) is 39.1 Å². The molecule has 0 unspecified atom stereocenters. The average Bonchev–Trinajstić information content (AvgIpc) is 2.89. The monoisotopic (exact) mass is 533 g/mol. The van der Waals surface area contributed by atoms with Gasteiger partial charge in [-0.05, 0) is 18.2 Å². The van der Waals surface area contributed by atoms with Gasteiger partial charge in [-0.2, -0.15) is 0 Å². The number of nitrogens with one attached hydrogen (secondary N) is 2. The summed E-state index contributed by atoms with van der Waals surface area (Å²) in [6.07, 6.45) is -3.58. The van der Waals surface area contributed by atoms with Crippen LogP contribution < -0.4 is 15.4 Å². The molecule has 200 valence electrons. The predicted molar refractivity (Wildman–Crippen MR) is 137 cm³/mol. The topological polar surface area (TPSA) is 158 Å². The zero-order valence-corrected chi connectivity index (χ0v) is 21.4. The first-order valence-corrected chi connectivity index (χ1v) is 13.0. The minimum Gasteiger partial charge on any atom is -0.496 e. The van der Waals surface area contributed by atoms with Crippen molar-refractivity contribution in [2.24, 2.45) is 0 Å². The summed E-state index contributed by atoms with van der Waals surface area (Å²) >= 11 is 1.31. The van der Waals surface area contributed by atoms with Gasteiger partial charge in [0.05, 0.1) is 19.8 Å². The summed E-state index contributed by atoms with van der Waals surface area (Å²) in [6.45, 7) is 1.86. The fourth-order valence-electron chi connectivity index (χ4n) is 4.68. The lowest BCUT2D eigenvalue weighted by atomic mass is 9.93. The highest BCUT2D eigenvalue weighted by Gasteiger charge is 2.44. The maximum Gasteiger partial charge on any atom is 0.261 e. The number of benzene rings is 2. The Hall–Kier alpha value is -2.74. The zero-order valence-electron chi connectivity index (χ0n) is 20.5. The minimum absolute atomic E-state index is 0.177. The number of thioether (sulfide) groups is 1. The first kappa shape index (κ1) is 27.3. The molecule has 0 saturated carbocycles. The van der Waals surface area contributed by atoms with Gasteiger partial charge in [-0.1, -0.05) is 12.1 Å². The molecule has 0 spiro atoms. The van der Waals surface area contributed by atoms with Gasteiger partial charge < -0.3 is 35.4 Å². The second kappa shape index (κ2) is 11.8. The lowest BCUT2D eigenvalue weighted by Gasteiger charge is -2.42. The lowest BCUT2D eigenvalue weighted by Crippen LogP contribution is -2.63. The number of methoxy groups -OCH3 is 1.